The number of rotatable bonds is 7. The predicted octanol–water partition coefficient (Wildman–Crippen LogP) is 5.34. The smallest absolute Gasteiger partial charge is 0.259 e. The molecule has 31 heavy (non-hydrogen) atoms. The lowest BCUT2D eigenvalue weighted by Crippen LogP contribution is -2.16. The highest BCUT2D eigenvalue weighted by Gasteiger charge is 2.16. The zero-order valence-corrected chi connectivity index (χ0v) is 19.3. The van der Waals surface area contributed by atoms with Gasteiger partial charge < -0.3 is 20.7 Å². The van der Waals surface area contributed by atoms with Crippen LogP contribution in [0.15, 0.2) is 65.1 Å². The zero-order valence-electron chi connectivity index (χ0n) is 17.0. The zero-order chi connectivity index (χ0) is 22.4. The van der Waals surface area contributed by atoms with Gasteiger partial charge in [0.15, 0.2) is 0 Å². The van der Waals surface area contributed by atoms with Crippen LogP contribution in [0, 0.1) is 0 Å². The fourth-order valence-electron chi connectivity index (χ4n) is 2.95. The normalized spacial score (nSPS) is 10.5. The van der Waals surface area contributed by atoms with E-state index in [2.05, 4.69) is 31.9 Å². The Balaban J connectivity index is 1.83. The first-order valence-corrected chi connectivity index (χ1v) is 10.6. The maximum atomic E-state index is 12.8. The van der Waals surface area contributed by atoms with Crippen molar-refractivity contribution in [2.24, 2.45) is 0 Å². The Labute approximate surface area is 194 Å². The van der Waals surface area contributed by atoms with Gasteiger partial charge in [0.1, 0.15) is 5.75 Å². The second-order valence-corrected chi connectivity index (χ2v) is 8.00. The minimum atomic E-state index is -0.368. The summed E-state index contributed by atoms with van der Waals surface area (Å²) in [5, 5.41) is 9.01. The molecule has 0 aliphatic heterocycles. The maximum absolute atomic E-state index is 12.8. The Kier molecular flexibility index (Phi) is 7.68. The Hall–Kier alpha value is -2.87. The lowest BCUT2D eigenvalue weighted by atomic mass is 10.1. The van der Waals surface area contributed by atoms with Crippen molar-refractivity contribution >= 4 is 50.7 Å². The number of halogens is 2. The molecule has 3 aromatic rings. The van der Waals surface area contributed by atoms with Gasteiger partial charge in [0.05, 0.1) is 23.3 Å². The van der Waals surface area contributed by atoms with E-state index in [1.54, 1.807) is 42.5 Å². The molecule has 8 heteroatoms. The summed E-state index contributed by atoms with van der Waals surface area (Å²) in [6.07, 6.45) is 0. The van der Waals surface area contributed by atoms with Crippen molar-refractivity contribution in [3.8, 4) is 5.75 Å². The summed E-state index contributed by atoms with van der Waals surface area (Å²) in [7, 11) is 3.31. The molecule has 0 aliphatic carbocycles. The van der Waals surface area contributed by atoms with Crippen molar-refractivity contribution in [2.75, 3.05) is 24.8 Å². The number of hydrogen-bond acceptors (Lipinski definition) is 4. The summed E-state index contributed by atoms with van der Waals surface area (Å²) in [6.45, 7) is 0.611. The molecular formula is C23H21BrClN3O3. The lowest BCUT2D eigenvalue weighted by molar-refractivity contribution is 0.101. The fraction of sp³-hybridized carbons (Fsp3) is 0.130. The van der Waals surface area contributed by atoms with Crippen molar-refractivity contribution in [3.63, 3.8) is 0 Å². The van der Waals surface area contributed by atoms with Crippen LogP contribution in [-0.4, -0.2) is 26.0 Å². The third-order valence-corrected chi connectivity index (χ3v) is 5.32. The van der Waals surface area contributed by atoms with Crippen molar-refractivity contribution in [2.45, 2.75) is 6.54 Å². The van der Waals surface area contributed by atoms with Gasteiger partial charge in [-0.15, -0.1) is 0 Å². The summed E-state index contributed by atoms with van der Waals surface area (Å²) in [5.41, 5.74) is 2.66. The molecule has 3 aromatic carbocycles. The highest BCUT2D eigenvalue weighted by atomic mass is 79.9. The van der Waals surface area contributed by atoms with Gasteiger partial charge in [-0.2, -0.15) is 0 Å². The standard InChI is InChI=1S/C23H21BrClN3O3/c1-26-13-14-3-9-20(25)18(11-14)22(29)28-17-8-10-21(31-2)19(12-17)23(30)27-16-6-4-15(24)5-7-16/h3-12,26H,13H2,1-2H3,(H,27,30)(H,28,29). The van der Waals surface area contributed by atoms with Crippen LogP contribution >= 0.6 is 27.5 Å². The molecule has 0 spiro atoms. The number of hydrogen-bond donors (Lipinski definition) is 3. The van der Waals surface area contributed by atoms with Crippen molar-refractivity contribution in [1.82, 2.24) is 5.32 Å². The van der Waals surface area contributed by atoms with Gasteiger partial charge in [-0.1, -0.05) is 33.6 Å². The first-order chi connectivity index (χ1) is 14.9. The van der Waals surface area contributed by atoms with Crippen molar-refractivity contribution < 1.29 is 14.3 Å². The van der Waals surface area contributed by atoms with E-state index in [0.29, 0.717) is 39.8 Å². The monoisotopic (exact) mass is 501 g/mol. The number of methoxy groups -OCH3 is 1. The number of anilines is 2. The number of amides is 2. The summed E-state index contributed by atoms with van der Waals surface area (Å²) in [5.74, 6) is -0.335. The van der Waals surface area contributed by atoms with Crippen molar-refractivity contribution in [3.05, 3.63) is 86.8 Å². The van der Waals surface area contributed by atoms with Crippen LogP contribution in [0.5, 0.6) is 5.75 Å². The van der Waals surface area contributed by atoms with E-state index >= 15 is 0 Å². The second kappa shape index (κ2) is 10.4. The van der Waals surface area contributed by atoms with E-state index in [-0.39, 0.29) is 11.8 Å². The number of benzene rings is 3. The van der Waals surface area contributed by atoms with Gasteiger partial charge >= 0.3 is 0 Å². The van der Waals surface area contributed by atoms with Gasteiger partial charge in [-0.25, -0.2) is 0 Å². The highest BCUT2D eigenvalue weighted by molar-refractivity contribution is 9.10. The Morgan fingerprint density at radius 2 is 1.55 bits per heavy atom. The molecule has 0 radical (unpaired) electrons. The third-order valence-electron chi connectivity index (χ3n) is 4.46. The van der Waals surface area contributed by atoms with E-state index in [1.165, 1.54) is 7.11 Å². The highest BCUT2D eigenvalue weighted by Crippen LogP contribution is 2.26. The van der Waals surface area contributed by atoms with Crippen LogP contribution in [0.1, 0.15) is 26.3 Å². The van der Waals surface area contributed by atoms with Crippen molar-refractivity contribution in [1.29, 1.82) is 0 Å². The molecule has 0 unspecified atom stereocenters. The number of carbonyl (C=O) groups is 2. The van der Waals surface area contributed by atoms with Gasteiger partial charge in [-0.3, -0.25) is 9.59 Å². The molecule has 0 aromatic heterocycles. The van der Waals surface area contributed by atoms with Gasteiger partial charge in [0.2, 0.25) is 0 Å². The van der Waals surface area contributed by atoms with Crippen LogP contribution in [0.4, 0.5) is 11.4 Å². The molecule has 6 nitrogen and oxygen atoms in total. The van der Waals surface area contributed by atoms with Crippen LogP contribution in [0.25, 0.3) is 0 Å². The summed E-state index contributed by atoms with van der Waals surface area (Å²) in [6, 6.07) is 17.4. The average Bonchev–Trinajstić information content (AvgIpc) is 2.76. The molecule has 0 aliphatic rings. The molecule has 3 N–H and O–H groups in total. The summed E-state index contributed by atoms with van der Waals surface area (Å²) < 4.78 is 6.23. The fourth-order valence-corrected chi connectivity index (χ4v) is 3.42. The summed E-state index contributed by atoms with van der Waals surface area (Å²) >= 11 is 9.58. The van der Waals surface area contributed by atoms with E-state index in [1.807, 2.05) is 25.2 Å². The van der Waals surface area contributed by atoms with E-state index in [4.69, 9.17) is 16.3 Å². The molecule has 0 heterocycles. The minimum absolute atomic E-state index is 0.290. The van der Waals surface area contributed by atoms with Crippen LogP contribution in [-0.2, 0) is 6.54 Å². The molecule has 160 valence electrons. The number of nitrogens with one attached hydrogen (secondary N) is 3. The quantitative estimate of drug-likeness (QED) is 0.408. The minimum Gasteiger partial charge on any atom is -0.496 e. The predicted molar refractivity (Wildman–Crippen MR) is 127 cm³/mol. The SMILES string of the molecule is CNCc1ccc(Cl)c(C(=O)Nc2ccc(OC)c(C(=O)Nc3ccc(Br)cc3)c2)c1. The third kappa shape index (κ3) is 5.85. The Bertz CT molecular complexity index is 1100. The number of carbonyl (C=O) groups excluding carboxylic acids is 2. The van der Waals surface area contributed by atoms with Crippen LogP contribution in [0.3, 0.4) is 0 Å². The Morgan fingerprint density at radius 3 is 2.23 bits per heavy atom. The van der Waals surface area contributed by atoms with Gasteiger partial charge in [0.25, 0.3) is 11.8 Å². The molecule has 0 atom stereocenters. The lowest BCUT2D eigenvalue weighted by Gasteiger charge is -2.13. The average molecular weight is 503 g/mol. The van der Waals surface area contributed by atoms with E-state index in [0.717, 1.165) is 10.0 Å². The topological polar surface area (TPSA) is 79.5 Å². The first-order valence-electron chi connectivity index (χ1n) is 9.40. The largest absolute Gasteiger partial charge is 0.496 e. The molecule has 3 rings (SSSR count). The molecule has 0 fully saturated rings. The van der Waals surface area contributed by atoms with E-state index < -0.39 is 0 Å². The van der Waals surface area contributed by atoms with Crippen LogP contribution < -0.4 is 20.7 Å². The van der Waals surface area contributed by atoms with Gasteiger partial charge in [0, 0.05) is 22.4 Å². The second-order valence-electron chi connectivity index (χ2n) is 6.67. The van der Waals surface area contributed by atoms with Gasteiger partial charge in [-0.05, 0) is 67.2 Å². The molecule has 0 saturated heterocycles. The molecular weight excluding hydrogens is 482 g/mol. The Morgan fingerprint density at radius 1 is 0.903 bits per heavy atom. The maximum Gasteiger partial charge on any atom is 0.259 e. The molecule has 0 bridgehead atoms. The van der Waals surface area contributed by atoms with E-state index in [9.17, 15) is 9.59 Å². The number of ether oxygens (including phenoxy) is 1. The van der Waals surface area contributed by atoms with Crippen LogP contribution in [0.2, 0.25) is 5.02 Å². The molecule has 0 saturated carbocycles. The first kappa shape index (κ1) is 22.8. The summed E-state index contributed by atoms with van der Waals surface area (Å²) in [4.78, 5) is 25.6. The molecule has 2 amide bonds.